The minimum atomic E-state index is -0.741. The molecule has 0 amide bonds. The molecule has 3 fully saturated rings. The fraction of sp³-hybridized carbons (Fsp3) is 0.742. The highest BCUT2D eigenvalue weighted by molar-refractivity contribution is 5.72. The van der Waals surface area contributed by atoms with Crippen molar-refractivity contribution < 1.29 is 38.1 Å². The van der Waals surface area contributed by atoms with Gasteiger partial charge in [-0.25, -0.2) is 0 Å². The Bertz CT molecular complexity index is 1090. The molecule has 9 unspecified atom stereocenters. The Morgan fingerprint density at radius 2 is 1.85 bits per heavy atom. The molecule has 39 heavy (non-hydrogen) atoms. The lowest BCUT2D eigenvalue weighted by atomic mass is 9.40. The van der Waals surface area contributed by atoms with Gasteiger partial charge in [-0.1, -0.05) is 44.6 Å². The van der Waals surface area contributed by atoms with Crippen molar-refractivity contribution in [1.82, 2.24) is 0 Å². The van der Waals surface area contributed by atoms with Gasteiger partial charge in [0.25, 0.3) is 0 Å². The van der Waals surface area contributed by atoms with Crippen LogP contribution in [0.2, 0.25) is 0 Å². The summed E-state index contributed by atoms with van der Waals surface area (Å²) in [5.41, 5.74) is 0.689. The minimum Gasteiger partial charge on any atom is -0.469 e. The molecule has 9 atom stereocenters. The van der Waals surface area contributed by atoms with E-state index in [1.165, 1.54) is 26.5 Å². The van der Waals surface area contributed by atoms with Crippen LogP contribution < -0.4 is 0 Å². The Hall–Kier alpha value is -2.64. The molecular weight excluding hydrogens is 500 g/mol. The molecule has 216 valence electrons. The highest BCUT2D eigenvalue weighted by Gasteiger charge is 2.69. The van der Waals surface area contributed by atoms with Crippen molar-refractivity contribution >= 4 is 23.9 Å². The molecule has 2 saturated carbocycles. The zero-order valence-corrected chi connectivity index (χ0v) is 24.5. The third-order valence-electron chi connectivity index (χ3n) is 10.8. The SMILES string of the molecule is C=C(C)C1CC(OC(C)=O)C2(C)C3=CCC(C4COC(=O)C4)C3(C)CCC2C1(C)C(CC(=O)OC)OC(C)=O. The van der Waals surface area contributed by atoms with E-state index in [2.05, 4.69) is 33.4 Å². The van der Waals surface area contributed by atoms with Gasteiger partial charge in [-0.05, 0) is 55.8 Å². The van der Waals surface area contributed by atoms with E-state index >= 15 is 0 Å². The van der Waals surface area contributed by atoms with Crippen LogP contribution in [0.15, 0.2) is 23.8 Å². The second-order valence-corrected chi connectivity index (χ2v) is 12.9. The summed E-state index contributed by atoms with van der Waals surface area (Å²) in [6.07, 6.45) is 4.48. The van der Waals surface area contributed by atoms with E-state index < -0.39 is 35.0 Å². The summed E-state index contributed by atoms with van der Waals surface area (Å²) in [5.74, 6) is -1.24. The van der Waals surface area contributed by atoms with Crippen molar-refractivity contribution in [3.8, 4) is 0 Å². The lowest BCUT2D eigenvalue weighted by Gasteiger charge is -2.65. The third kappa shape index (κ3) is 4.71. The molecule has 8 heteroatoms. The van der Waals surface area contributed by atoms with Gasteiger partial charge in [-0.15, -0.1) is 0 Å². The molecule has 0 aromatic rings. The number of hydrogen-bond donors (Lipinski definition) is 0. The first-order valence-electron chi connectivity index (χ1n) is 14.1. The van der Waals surface area contributed by atoms with Crippen LogP contribution in [0.25, 0.3) is 0 Å². The van der Waals surface area contributed by atoms with Crippen LogP contribution in [0.1, 0.15) is 80.1 Å². The predicted molar refractivity (Wildman–Crippen MR) is 143 cm³/mol. The van der Waals surface area contributed by atoms with Crippen LogP contribution in [0.3, 0.4) is 0 Å². The number of fused-ring (bicyclic) bond motifs is 3. The highest BCUT2D eigenvalue weighted by Crippen LogP contribution is 2.71. The van der Waals surface area contributed by atoms with Crippen LogP contribution in [-0.2, 0) is 38.1 Å². The van der Waals surface area contributed by atoms with E-state index in [4.69, 9.17) is 18.9 Å². The molecule has 0 aromatic heterocycles. The minimum absolute atomic E-state index is 0.0678. The summed E-state index contributed by atoms with van der Waals surface area (Å²) in [6.45, 7) is 16.1. The highest BCUT2D eigenvalue weighted by atomic mass is 16.6. The third-order valence-corrected chi connectivity index (χ3v) is 10.8. The van der Waals surface area contributed by atoms with Gasteiger partial charge >= 0.3 is 23.9 Å². The van der Waals surface area contributed by atoms with Gasteiger partial charge in [-0.2, -0.15) is 0 Å². The number of allylic oxidation sites excluding steroid dienone is 2. The van der Waals surface area contributed by atoms with Gasteiger partial charge < -0.3 is 18.9 Å². The Labute approximate surface area is 231 Å². The summed E-state index contributed by atoms with van der Waals surface area (Å²) >= 11 is 0. The number of methoxy groups -OCH3 is 1. The Kier molecular flexibility index (Phi) is 7.82. The standard InChI is InChI=1S/C31H44O8/c1-17(2)22-14-25(38-18(3)32)31(7)23-10-9-21(20-13-28(35)37-16-20)29(23,5)12-11-24(31)30(22,6)26(39-19(4)33)15-27(34)36-8/h10,20-22,24-26H,1,9,11-16H2,2-8H3. The zero-order chi connectivity index (χ0) is 28.9. The Morgan fingerprint density at radius 3 is 2.38 bits per heavy atom. The molecule has 0 aromatic carbocycles. The first-order valence-corrected chi connectivity index (χ1v) is 14.1. The molecule has 0 spiro atoms. The van der Waals surface area contributed by atoms with E-state index in [9.17, 15) is 19.2 Å². The quantitative estimate of drug-likeness (QED) is 0.252. The summed E-state index contributed by atoms with van der Waals surface area (Å²) in [4.78, 5) is 49.5. The molecule has 0 radical (unpaired) electrons. The van der Waals surface area contributed by atoms with Gasteiger partial charge in [0, 0.05) is 30.6 Å². The largest absolute Gasteiger partial charge is 0.469 e. The van der Waals surface area contributed by atoms with Crippen LogP contribution in [0, 0.1) is 39.9 Å². The normalized spacial score (nSPS) is 39.9. The Morgan fingerprint density at radius 1 is 1.15 bits per heavy atom. The Balaban J connectivity index is 1.85. The number of rotatable bonds is 7. The number of carbonyl (C=O) groups is 4. The maximum Gasteiger partial charge on any atom is 0.309 e. The molecule has 4 rings (SSSR count). The molecule has 1 heterocycles. The molecule has 0 N–H and O–H groups in total. The van der Waals surface area contributed by atoms with Crippen molar-refractivity contribution in [2.75, 3.05) is 13.7 Å². The van der Waals surface area contributed by atoms with Crippen LogP contribution >= 0.6 is 0 Å². The monoisotopic (exact) mass is 544 g/mol. The summed E-state index contributed by atoms with van der Waals surface area (Å²) in [7, 11) is 1.33. The van der Waals surface area contributed by atoms with Gasteiger partial charge in [-0.3, -0.25) is 19.2 Å². The van der Waals surface area contributed by atoms with Gasteiger partial charge in [0.15, 0.2) is 0 Å². The molecular formula is C31H44O8. The average molecular weight is 545 g/mol. The second kappa shape index (κ2) is 10.4. The number of ether oxygens (including phenoxy) is 4. The van der Waals surface area contributed by atoms with E-state index in [0.29, 0.717) is 19.4 Å². The van der Waals surface area contributed by atoms with Crippen molar-refractivity contribution in [3.63, 3.8) is 0 Å². The fourth-order valence-electron chi connectivity index (χ4n) is 9.21. The molecule has 0 bridgehead atoms. The maximum atomic E-state index is 12.6. The van der Waals surface area contributed by atoms with E-state index in [1.54, 1.807) is 0 Å². The molecule has 3 aliphatic carbocycles. The van der Waals surface area contributed by atoms with Crippen LogP contribution in [0.4, 0.5) is 0 Å². The first kappa shape index (κ1) is 29.3. The number of cyclic esters (lactones) is 1. The topological polar surface area (TPSA) is 105 Å². The average Bonchev–Trinajstić information content (AvgIpc) is 3.42. The van der Waals surface area contributed by atoms with E-state index in [-0.39, 0.29) is 47.4 Å². The summed E-state index contributed by atoms with van der Waals surface area (Å²) in [5, 5.41) is 0. The maximum absolute atomic E-state index is 12.6. The molecule has 1 saturated heterocycles. The second-order valence-electron chi connectivity index (χ2n) is 12.9. The van der Waals surface area contributed by atoms with Crippen molar-refractivity contribution in [2.24, 2.45) is 39.9 Å². The van der Waals surface area contributed by atoms with E-state index in [0.717, 1.165) is 24.8 Å². The van der Waals surface area contributed by atoms with Crippen molar-refractivity contribution in [1.29, 1.82) is 0 Å². The predicted octanol–water partition coefficient (Wildman–Crippen LogP) is 4.95. The number of carbonyl (C=O) groups excluding carboxylic acids is 4. The van der Waals surface area contributed by atoms with Gasteiger partial charge in [0.05, 0.1) is 26.6 Å². The van der Waals surface area contributed by atoms with Crippen molar-refractivity contribution in [3.05, 3.63) is 23.8 Å². The number of hydrogen-bond acceptors (Lipinski definition) is 8. The van der Waals surface area contributed by atoms with Crippen LogP contribution in [-0.4, -0.2) is 49.8 Å². The molecule has 4 aliphatic rings. The van der Waals surface area contributed by atoms with Crippen molar-refractivity contribution in [2.45, 2.75) is 92.3 Å². The smallest absolute Gasteiger partial charge is 0.309 e. The van der Waals surface area contributed by atoms with Crippen LogP contribution in [0.5, 0.6) is 0 Å². The lowest BCUT2D eigenvalue weighted by Crippen LogP contribution is -2.65. The molecule has 1 aliphatic heterocycles. The summed E-state index contributed by atoms with van der Waals surface area (Å²) < 4.78 is 22.5. The zero-order valence-electron chi connectivity index (χ0n) is 24.5. The lowest BCUT2D eigenvalue weighted by molar-refractivity contribution is -0.207. The van der Waals surface area contributed by atoms with Gasteiger partial charge in [0.1, 0.15) is 12.2 Å². The first-order chi connectivity index (χ1) is 18.2. The number of esters is 4. The van der Waals surface area contributed by atoms with E-state index in [1.807, 2.05) is 6.92 Å². The molecule has 8 nitrogen and oxygen atoms in total. The fourth-order valence-corrected chi connectivity index (χ4v) is 9.21. The van der Waals surface area contributed by atoms with Gasteiger partial charge in [0.2, 0.25) is 0 Å². The summed E-state index contributed by atoms with van der Waals surface area (Å²) in [6, 6.07) is 0.